The molecule has 0 amide bonds. The molecular formula is C103H68N4S. The number of nitrogens with zero attached hydrogens (tertiary/aromatic N) is 4. The van der Waals surface area contributed by atoms with Crippen LogP contribution in [0.25, 0.3) is 176 Å². The molecule has 0 radical (unpaired) electrons. The first-order valence-electron chi connectivity index (χ1n) is 37.1. The molecule has 0 aliphatic heterocycles. The highest BCUT2D eigenvalue weighted by molar-refractivity contribution is 7.26. The van der Waals surface area contributed by atoms with E-state index in [1.165, 1.54) is 137 Å². The van der Waals surface area contributed by atoms with E-state index in [0.717, 1.165) is 71.6 Å². The molecule has 0 N–H and O–H groups in total. The number of aryl methyl sites for hydroxylation is 2. The van der Waals surface area contributed by atoms with Crippen LogP contribution in [-0.4, -0.2) is 19.1 Å². The van der Waals surface area contributed by atoms with E-state index in [-0.39, 0.29) is 0 Å². The molecule has 4 aromatic heterocycles. The Kier molecular flexibility index (Phi) is 14.8. The normalized spacial score (nSPS) is 12.4. The van der Waals surface area contributed by atoms with E-state index < -0.39 is 5.41 Å². The lowest BCUT2D eigenvalue weighted by Crippen LogP contribution is -2.28. The van der Waals surface area contributed by atoms with Gasteiger partial charge in [0.05, 0.1) is 43.4 Å². The van der Waals surface area contributed by atoms with Gasteiger partial charge in [-0.1, -0.05) is 284 Å². The first-order valence-corrected chi connectivity index (χ1v) is 37.9. The van der Waals surface area contributed by atoms with E-state index in [0.29, 0.717) is 0 Å². The lowest BCUT2D eigenvalue weighted by atomic mass is 9.67. The maximum atomic E-state index is 5.07. The lowest BCUT2D eigenvalue weighted by molar-refractivity contribution is 0.768. The van der Waals surface area contributed by atoms with Crippen LogP contribution in [0, 0.1) is 13.8 Å². The summed E-state index contributed by atoms with van der Waals surface area (Å²) < 4.78 is 7.14. The van der Waals surface area contributed by atoms with Crippen LogP contribution in [0.4, 0.5) is 0 Å². The molecule has 16 aromatic carbocycles. The maximum Gasteiger partial charge on any atom is 0.116 e. The zero-order chi connectivity index (χ0) is 71.6. The lowest BCUT2D eigenvalue weighted by Gasteiger charge is -2.34. The third-order valence-corrected chi connectivity index (χ3v) is 23.8. The molecule has 0 atom stereocenters. The van der Waals surface area contributed by atoms with Crippen molar-refractivity contribution >= 4 is 75.3 Å². The van der Waals surface area contributed by atoms with Crippen molar-refractivity contribution in [2.45, 2.75) is 19.3 Å². The van der Waals surface area contributed by atoms with Gasteiger partial charge in [0, 0.05) is 48.6 Å². The SMILES string of the molecule is Cc1ccc2c(c1)-c1cc(C)ccc1C2(c1cccc(-c2cccc(-c3ncnc4c3sc3ccc(-c5cccc(-c6ccc(-c7ccccc7)cc6)c5)cc34)c2)c1)c1cccc(-c2cccc(-n3c4ccccc4c4cc(-c5ccc6c(c5)c5ccccc5n6-c5cccc(-c6ccccc6)c5)ccc43)c2)c1. The fraction of sp³-hybridized carbons (Fsp3) is 0.0291. The molecule has 1 aliphatic carbocycles. The molecule has 4 heterocycles. The molecule has 20 aromatic rings. The Morgan fingerprint density at radius 1 is 0.259 bits per heavy atom. The molecular weight excluding hydrogens is 1330 g/mol. The Morgan fingerprint density at radius 3 is 1.18 bits per heavy atom. The van der Waals surface area contributed by atoms with Crippen molar-refractivity contribution in [2.24, 2.45) is 0 Å². The van der Waals surface area contributed by atoms with E-state index in [4.69, 9.17) is 9.97 Å². The number of hydrogen-bond donors (Lipinski definition) is 0. The van der Waals surface area contributed by atoms with Gasteiger partial charge in [0.2, 0.25) is 0 Å². The van der Waals surface area contributed by atoms with Crippen LogP contribution < -0.4 is 0 Å². The highest BCUT2D eigenvalue weighted by Crippen LogP contribution is 2.58. The Labute approximate surface area is 630 Å². The molecule has 0 unspecified atom stereocenters. The Hall–Kier alpha value is -13.6. The Bertz CT molecular complexity index is 6960. The van der Waals surface area contributed by atoms with Crippen molar-refractivity contribution in [1.29, 1.82) is 0 Å². The minimum atomic E-state index is -0.669. The summed E-state index contributed by atoms with van der Waals surface area (Å²) in [5.74, 6) is 0. The fourth-order valence-electron chi connectivity index (χ4n) is 17.5. The summed E-state index contributed by atoms with van der Waals surface area (Å²) in [5, 5.41) is 6.03. The standard InChI is InChI=1S/C103H68N4S/c1-65-39-48-93-88(53-65)89-54-66(2)40-49-94(89)103(93,82-31-15-26-74(57-82)73-25-14-30-81(56-73)100-102-101(105-64-104-100)92-63-80(47-52-99(92)108-102)72-24-13-23-71(55-72)70-43-41-69(42-44-70)67-19-5-3-6-20-67)83-32-16-27-75(58-83)77-29-18-34-85(60-77)107-96-38-12-10-36-87(96)91-62-79(46-51-98(91)107)78-45-50-97-90(61-78)86-35-9-11-37-95(86)106(97)84-33-17-28-76(59-84)68-21-7-4-8-22-68/h3-64H,1-2H3. The smallest absolute Gasteiger partial charge is 0.116 e. The van der Waals surface area contributed by atoms with Crippen LogP contribution in [0.2, 0.25) is 0 Å². The second-order valence-corrected chi connectivity index (χ2v) is 30.0. The number of benzene rings is 16. The first-order chi connectivity index (χ1) is 53.3. The number of rotatable bonds is 12. The second kappa shape index (κ2) is 25.3. The molecule has 4 nitrogen and oxygen atoms in total. The van der Waals surface area contributed by atoms with Gasteiger partial charge in [0.25, 0.3) is 0 Å². The van der Waals surface area contributed by atoms with Crippen molar-refractivity contribution in [1.82, 2.24) is 19.1 Å². The van der Waals surface area contributed by atoms with Crippen LogP contribution in [0.5, 0.6) is 0 Å². The number of hydrogen-bond acceptors (Lipinski definition) is 3. The summed E-state index contributed by atoms with van der Waals surface area (Å²) in [6.45, 7) is 4.44. The zero-order valence-corrected chi connectivity index (χ0v) is 60.3. The topological polar surface area (TPSA) is 35.6 Å². The van der Waals surface area contributed by atoms with E-state index in [1.807, 2.05) is 0 Å². The summed E-state index contributed by atoms with van der Waals surface area (Å²) >= 11 is 1.77. The Morgan fingerprint density at radius 2 is 0.630 bits per heavy atom. The molecule has 506 valence electrons. The molecule has 108 heavy (non-hydrogen) atoms. The molecule has 1 aliphatic rings. The summed E-state index contributed by atoms with van der Waals surface area (Å²) in [6, 6.07) is 138. The summed E-state index contributed by atoms with van der Waals surface area (Å²) in [5.41, 5.74) is 35.7. The maximum absolute atomic E-state index is 5.07. The van der Waals surface area contributed by atoms with Gasteiger partial charge < -0.3 is 9.13 Å². The van der Waals surface area contributed by atoms with Gasteiger partial charge in [-0.3, -0.25) is 0 Å². The van der Waals surface area contributed by atoms with Gasteiger partial charge in [-0.05, 0) is 222 Å². The highest BCUT2D eigenvalue weighted by atomic mass is 32.1. The highest BCUT2D eigenvalue weighted by Gasteiger charge is 2.46. The molecule has 0 saturated heterocycles. The molecule has 0 saturated carbocycles. The van der Waals surface area contributed by atoms with Crippen LogP contribution >= 0.6 is 11.3 Å². The van der Waals surface area contributed by atoms with Gasteiger partial charge in [-0.2, -0.15) is 0 Å². The molecule has 0 fully saturated rings. The van der Waals surface area contributed by atoms with Crippen molar-refractivity contribution in [3.8, 4) is 112 Å². The minimum Gasteiger partial charge on any atom is -0.309 e. The van der Waals surface area contributed by atoms with Crippen molar-refractivity contribution < 1.29 is 0 Å². The van der Waals surface area contributed by atoms with Gasteiger partial charge in [0.1, 0.15) is 6.33 Å². The van der Waals surface area contributed by atoms with E-state index in [2.05, 4.69) is 393 Å². The molecule has 0 spiro atoms. The number of aromatic nitrogens is 4. The van der Waals surface area contributed by atoms with Gasteiger partial charge >= 0.3 is 0 Å². The predicted octanol–water partition coefficient (Wildman–Crippen LogP) is 27.4. The van der Waals surface area contributed by atoms with Crippen molar-refractivity contribution in [3.05, 3.63) is 410 Å². The third kappa shape index (κ3) is 10.3. The van der Waals surface area contributed by atoms with Crippen molar-refractivity contribution in [2.75, 3.05) is 0 Å². The predicted molar refractivity (Wildman–Crippen MR) is 454 cm³/mol. The van der Waals surface area contributed by atoms with Gasteiger partial charge in [-0.25, -0.2) is 9.97 Å². The van der Waals surface area contributed by atoms with E-state index in [1.54, 1.807) is 17.7 Å². The zero-order valence-electron chi connectivity index (χ0n) is 59.5. The summed E-state index contributed by atoms with van der Waals surface area (Å²) in [7, 11) is 0. The molecule has 21 rings (SSSR count). The summed E-state index contributed by atoms with van der Waals surface area (Å²) in [6.07, 6.45) is 1.74. The average Bonchev–Trinajstić information content (AvgIpc) is 1.52. The molecule has 5 heteroatoms. The van der Waals surface area contributed by atoms with Crippen LogP contribution in [0.15, 0.2) is 376 Å². The average molecular weight is 1390 g/mol. The van der Waals surface area contributed by atoms with Crippen LogP contribution in [0.3, 0.4) is 0 Å². The largest absolute Gasteiger partial charge is 0.309 e. The third-order valence-electron chi connectivity index (χ3n) is 22.6. The Balaban J connectivity index is 0.630. The van der Waals surface area contributed by atoms with Crippen molar-refractivity contribution in [3.63, 3.8) is 0 Å². The molecule has 0 bridgehead atoms. The minimum absolute atomic E-state index is 0.669. The summed E-state index contributed by atoms with van der Waals surface area (Å²) in [4.78, 5) is 10.1. The van der Waals surface area contributed by atoms with Crippen LogP contribution in [-0.2, 0) is 5.41 Å². The van der Waals surface area contributed by atoms with Crippen LogP contribution in [0.1, 0.15) is 33.4 Å². The first kappa shape index (κ1) is 62.9. The van der Waals surface area contributed by atoms with E-state index >= 15 is 0 Å². The number of fused-ring (bicyclic) bond motifs is 12. The second-order valence-electron chi connectivity index (χ2n) is 29.0. The number of thiophene rings is 1. The monoisotopic (exact) mass is 1390 g/mol. The quantitative estimate of drug-likeness (QED) is 0.122. The van der Waals surface area contributed by atoms with Gasteiger partial charge in [-0.15, -0.1) is 11.3 Å². The van der Waals surface area contributed by atoms with E-state index in [9.17, 15) is 0 Å². The van der Waals surface area contributed by atoms with Gasteiger partial charge in [0.15, 0.2) is 0 Å². The number of para-hydroxylation sites is 2. The fourth-order valence-corrected chi connectivity index (χ4v) is 18.7.